The smallest absolute Gasteiger partial charge is 0.251 e. The molecule has 0 spiro atoms. The Hall–Kier alpha value is -1.71. The predicted molar refractivity (Wildman–Crippen MR) is 92.4 cm³/mol. The van der Waals surface area contributed by atoms with Crippen molar-refractivity contribution in [1.82, 2.24) is 5.32 Å². The number of ether oxygens (including phenoxy) is 2. The van der Waals surface area contributed by atoms with Crippen LogP contribution in [0.3, 0.4) is 0 Å². The topological polar surface area (TPSA) is 47.6 Å². The van der Waals surface area contributed by atoms with E-state index < -0.39 is 0 Å². The molecule has 0 heterocycles. The van der Waals surface area contributed by atoms with Gasteiger partial charge in [-0.15, -0.1) is 0 Å². The maximum atomic E-state index is 12.3. The summed E-state index contributed by atoms with van der Waals surface area (Å²) >= 11 is 0. The third-order valence-electron chi connectivity index (χ3n) is 4.37. The summed E-state index contributed by atoms with van der Waals surface area (Å²) in [4.78, 5) is 12.3. The molecule has 0 bridgehead atoms. The van der Waals surface area contributed by atoms with Gasteiger partial charge in [0.1, 0.15) is 0 Å². The largest absolute Gasteiger partial charge is 0.493 e. The van der Waals surface area contributed by atoms with E-state index in [1.54, 1.807) is 13.2 Å². The molecule has 0 aliphatic heterocycles. The molecule has 1 fully saturated rings. The van der Waals surface area contributed by atoms with E-state index in [1.807, 2.05) is 12.1 Å². The Balaban J connectivity index is 1.91. The number of methoxy groups -OCH3 is 1. The van der Waals surface area contributed by atoms with Crippen LogP contribution >= 0.6 is 0 Å². The van der Waals surface area contributed by atoms with Crippen molar-refractivity contribution in [2.24, 2.45) is 0 Å². The van der Waals surface area contributed by atoms with Gasteiger partial charge in [-0.05, 0) is 37.5 Å². The summed E-state index contributed by atoms with van der Waals surface area (Å²) in [5.74, 6) is 1.31. The summed E-state index contributed by atoms with van der Waals surface area (Å²) in [7, 11) is 1.61. The average Bonchev–Trinajstić information content (AvgIpc) is 3.07. The lowest BCUT2D eigenvalue weighted by molar-refractivity contribution is 0.0937. The number of carbonyl (C=O) groups is 1. The molecular weight excluding hydrogens is 290 g/mol. The van der Waals surface area contributed by atoms with Crippen LogP contribution in [0.1, 0.15) is 68.6 Å². The van der Waals surface area contributed by atoms with Crippen LogP contribution in [0.25, 0.3) is 0 Å². The Labute approximate surface area is 139 Å². The quantitative estimate of drug-likeness (QED) is 0.689. The van der Waals surface area contributed by atoms with Gasteiger partial charge in [-0.1, -0.05) is 39.0 Å². The van der Waals surface area contributed by atoms with Gasteiger partial charge >= 0.3 is 0 Å². The highest BCUT2D eigenvalue weighted by Gasteiger charge is 2.19. The first-order valence-corrected chi connectivity index (χ1v) is 8.86. The van der Waals surface area contributed by atoms with E-state index in [2.05, 4.69) is 12.2 Å². The minimum Gasteiger partial charge on any atom is -0.493 e. The summed E-state index contributed by atoms with van der Waals surface area (Å²) in [6, 6.07) is 5.74. The molecule has 0 unspecified atom stereocenters. The van der Waals surface area contributed by atoms with Crippen molar-refractivity contribution in [2.75, 3.05) is 13.7 Å². The van der Waals surface area contributed by atoms with Gasteiger partial charge < -0.3 is 14.8 Å². The number of carbonyl (C=O) groups excluding carboxylic acids is 1. The standard InChI is InChI=1S/C19H29NO3/c1-3-4-5-8-13-23-17-12-11-15(14-18(17)22-2)19(21)20-16-9-6-7-10-16/h11-12,14,16H,3-10,13H2,1-2H3,(H,20,21). The van der Waals surface area contributed by atoms with Gasteiger partial charge in [0, 0.05) is 11.6 Å². The Morgan fingerprint density at radius 2 is 1.96 bits per heavy atom. The van der Waals surface area contributed by atoms with Crippen molar-refractivity contribution < 1.29 is 14.3 Å². The van der Waals surface area contributed by atoms with E-state index in [0.717, 1.165) is 19.3 Å². The molecule has 0 aromatic heterocycles. The molecule has 1 aliphatic rings. The predicted octanol–water partition coefficient (Wildman–Crippen LogP) is 4.33. The summed E-state index contributed by atoms with van der Waals surface area (Å²) in [5.41, 5.74) is 0.632. The molecule has 128 valence electrons. The zero-order valence-electron chi connectivity index (χ0n) is 14.4. The first-order chi connectivity index (χ1) is 11.2. The van der Waals surface area contributed by atoms with Gasteiger partial charge in [0.15, 0.2) is 11.5 Å². The Kier molecular flexibility index (Phi) is 7.24. The lowest BCUT2D eigenvalue weighted by Crippen LogP contribution is -2.32. The molecule has 0 saturated heterocycles. The molecule has 1 amide bonds. The molecule has 1 aromatic rings. The second-order valence-corrected chi connectivity index (χ2v) is 6.23. The first kappa shape index (κ1) is 17.6. The molecular formula is C19H29NO3. The van der Waals surface area contributed by atoms with Crippen molar-refractivity contribution in [3.05, 3.63) is 23.8 Å². The highest BCUT2D eigenvalue weighted by atomic mass is 16.5. The summed E-state index contributed by atoms with van der Waals surface area (Å²) in [6.45, 7) is 2.88. The highest BCUT2D eigenvalue weighted by Crippen LogP contribution is 2.28. The maximum Gasteiger partial charge on any atom is 0.251 e. The van der Waals surface area contributed by atoms with Gasteiger partial charge in [-0.25, -0.2) is 0 Å². The van der Waals surface area contributed by atoms with Crippen molar-refractivity contribution in [1.29, 1.82) is 0 Å². The van der Waals surface area contributed by atoms with E-state index in [0.29, 0.717) is 29.7 Å². The molecule has 1 aliphatic carbocycles. The Bertz CT molecular complexity index is 495. The van der Waals surface area contributed by atoms with E-state index >= 15 is 0 Å². The second kappa shape index (κ2) is 9.43. The SMILES string of the molecule is CCCCCCOc1ccc(C(=O)NC2CCCC2)cc1OC. The summed E-state index contributed by atoms with van der Waals surface area (Å²) in [6.07, 6.45) is 9.26. The first-order valence-electron chi connectivity index (χ1n) is 8.86. The van der Waals surface area contributed by atoms with Gasteiger partial charge in [0.05, 0.1) is 13.7 Å². The van der Waals surface area contributed by atoms with E-state index in [1.165, 1.54) is 32.1 Å². The average molecular weight is 319 g/mol. The van der Waals surface area contributed by atoms with E-state index in [9.17, 15) is 4.79 Å². The van der Waals surface area contributed by atoms with Crippen LogP contribution < -0.4 is 14.8 Å². The monoisotopic (exact) mass is 319 g/mol. The van der Waals surface area contributed by atoms with Crippen LogP contribution in [-0.2, 0) is 0 Å². The molecule has 4 heteroatoms. The second-order valence-electron chi connectivity index (χ2n) is 6.23. The Morgan fingerprint density at radius 3 is 2.65 bits per heavy atom. The number of hydrogen-bond donors (Lipinski definition) is 1. The molecule has 2 rings (SSSR count). The zero-order valence-corrected chi connectivity index (χ0v) is 14.4. The van der Waals surface area contributed by atoms with Crippen LogP contribution in [0, 0.1) is 0 Å². The fourth-order valence-electron chi connectivity index (χ4n) is 2.98. The lowest BCUT2D eigenvalue weighted by Gasteiger charge is -2.14. The number of hydrogen-bond acceptors (Lipinski definition) is 3. The Morgan fingerprint density at radius 1 is 1.17 bits per heavy atom. The highest BCUT2D eigenvalue weighted by molar-refractivity contribution is 5.95. The number of benzene rings is 1. The number of amides is 1. The minimum absolute atomic E-state index is 0.0234. The number of rotatable bonds is 9. The maximum absolute atomic E-state index is 12.3. The van der Waals surface area contributed by atoms with Crippen LogP contribution in [0.2, 0.25) is 0 Å². The third kappa shape index (κ3) is 5.45. The molecule has 0 radical (unpaired) electrons. The van der Waals surface area contributed by atoms with Gasteiger partial charge in [0.2, 0.25) is 0 Å². The number of nitrogens with one attached hydrogen (secondary N) is 1. The summed E-state index contributed by atoms with van der Waals surface area (Å²) in [5, 5.41) is 3.10. The van der Waals surface area contributed by atoms with Crippen molar-refractivity contribution in [3.8, 4) is 11.5 Å². The van der Waals surface area contributed by atoms with E-state index in [4.69, 9.17) is 9.47 Å². The van der Waals surface area contributed by atoms with Crippen molar-refractivity contribution in [3.63, 3.8) is 0 Å². The van der Waals surface area contributed by atoms with E-state index in [-0.39, 0.29) is 5.91 Å². The zero-order chi connectivity index (χ0) is 16.5. The fourth-order valence-corrected chi connectivity index (χ4v) is 2.98. The van der Waals surface area contributed by atoms with Gasteiger partial charge in [-0.3, -0.25) is 4.79 Å². The fraction of sp³-hybridized carbons (Fsp3) is 0.632. The molecule has 0 atom stereocenters. The van der Waals surface area contributed by atoms with Crippen LogP contribution in [0.4, 0.5) is 0 Å². The van der Waals surface area contributed by atoms with Crippen molar-refractivity contribution in [2.45, 2.75) is 64.3 Å². The van der Waals surface area contributed by atoms with Crippen LogP contribution in [0.15, 0.2) is 18.2 Å². The molecule has 1 N–H and O–H groups in total. The molecule has 23 heavy (non-hydrogen) atoms. The number of unbranched alkanes of at least 4 members (excludes halogenated alkanes) is 3. The lowest BCUT2D eigenvalue weighted by atomic mass is 10.1. The normalized spacial score (nSPS) is 14.7. The van der Waals surface area contributed by atoms with Crippen LogP contribution in [-0.4, -0.2) is 25.7 Å². The van der Waals surface area contributed by atoms with Crippen molar-refractivity contribution >= 4 is 5.91 Å². The molecule has 1 aromatic carbocycles. The molecule has 4 nitrogen and oxygen atoms in total. The van der Waals surface area contributed by atoms with Gasteiger partial charge in [-0.2, -0.15) is 0 Å². The summed E-state index contributed by atoms with van der Waals surface area (Å²) < 4.78 is 11.2. The molecule has 1 saturated carbocycles. The van der Waals surface area contributed by atoms with Gasteiger partial charge in [0.25, 0.3) is 5.91 Å². The third-order valence-corrected chi connectivity index (χ3v) is 4.37. The van der Waals surface area contributed by atoms with Crippen LogP contribution in [0.5, 0.6) is 11.5 Å². The minimum atomic E-state index is -0.0234.